The van der Waals surface area contributed by atoms with Gasteiger partial charge >= 0.3 is 0 Å². The summed E-state index contributed by atoms with van der Waals surface area (Å²) in [5.74, 6) is -0.217. The maximum atomic E-state index is 13.6. The smallest absolute Gasteiger partial charge is 0.292 e. The molecule has 2 aliphatic heterocycles. The van der Waals surface area contributed by atoms with Crippen LogP contribution < -0.4 is 21.3 Å². The molecule has 0 spiro atoms. The number of hydrogen-bond acceptors (Lipinski definition) is 8. The van der Waals surface area contributed by atoms with Crippen LogP contribution in [0.4, 0.5) is 17.4 Å². The van der Waals surface area contributed by atoms with Gasteiger partial charge < -0.3 is 30.6 Å². The van der Waals surface area contributed by atoms with Crippen molar-refractivity contribution in [2.75, 3.05) is 80.8 Å². The van der Waals surface area contributed by atoms with Crippen LogP contribution in [0.1, 0.15) is 23.3 Å². The lowest BCUT2D eigenvalue weighted by atomic mass is 10.1. The Bertz CT molecular complexity index is 1140. The van der Waals surface area contributed by atoms with Gasteiger partial charge in [0.15, 0.2) is 5.69 Å². The quantitative estimate of drug-likeness (QED) is 0.365. The van der Waals surface area contributed by atoms with Gasteiger partial charge in [-0.15, -0.1) is 9.53 Å². The summed E-state index contributed by atoms with van der Waals surface area (Å²) in [5.41, 5.74) is 7.05. The van der Waals surface area contributed by atoms with Gasteiger partial charge in [0.25, 0.3) is 11.9 Å². The normalized spacial score (nSPS) is 19.7. The Morgan fingerprint density at radius 2 is 1.94 bits per heavy atom. The van der Waals surface area contributed by atoms with E-state index in [2.05, 4.69) is 48.4 Å². The summed E-state index contributed by atoms with van der Waals surface area (Å²) >= 11 is 3.47. The second-order valence-corrected chi connectivity index (χ2v) is 14.4. The SMILES string of the molecule is CN1CCC(NCCS(C)(=O)(O)N2CCN(c3ccc(Br)c(NC(=O)c4coc(N)n4)c3)CC2)CC1. The third-order valence-electron chi connectivity index (χ3n) is 6.94. The highest BCUT2D eigenvalue weighted by molar-refractivity contribution is 9.10. The lowest BCUT2D eigenvalue weighted by Gasteiger charge is -2.52. The average Bonchev–Trinajstić information content (AvgIpc) is 3.28. The van der Waals surface area contributed by atoms with Gasteiger partial charge in [-0.25, -0.2) is 4.31 Å². The zero-order valence-corrected chi connectivity index (χ0v) is 23.2. The Kier molecular flexibility index (Phi) is 8.07. The van der Waals surface area contributed by atoms with E-state index >= 15 is 0 Å². The number of hydrogen-bond donors (Lipinski definition) is 4. The third kappa shape index (κ3) is 6.64. The molecule has 2 fully saturated rings. The summed E-state index contributed by atoms with van der Waals surface area (Å²) in [7, 11) is -1.79. The number of carbonyl (C=O) groups excluding carboxylic acids is 1. The molecular formula is C23H36BrN7O4S. The second kappa shape index (κ2) is 10.8. The predicted molar refractivity (Wildman–Crippen MR) is 147 cm³/mol. The van der Waals surface area contributed by atoms with Gasteiger partial charge in [0.2, 0.25) is 0 Å². The summed E-state index contributed by atoms with van der Waals surface area (Å²) in [6, 6.07) is 6.02. The number of halogens is 1. The van der Waals surface area contributed by atoms with E-state index in [9.17, 15) is 13.6 Å². The zero-order valence-electron chi connectivity index (χ0n) is 20.8. The molecule has 0 aliphatic carbocycles. The van der Waals surface area contributed by atoms with Crippen molar-refractivity contribution < 1.29 is 18.0 Å². The van der Waals surface area contributed by atoms with Crippen LogP contribution in [0, 0.1) is 0 Å². The monoisotopic (exact) mass is 585 g/mol. The number of amides is 1. The van der Waals surface area contributed by atoms with E-state index in [4.69, 9.17) is 10.2 Å². The Morgan fingerprint density at radius 1 is 1.25 bits per heavy atom. The second-order valence-electron chi connectivity index (χ2n) is 9.77. The first-order valence-electron chi connectivity index (χ1n) is 12.1. The van der Waals surface area contributed by atoms with Crippen LogP contribution in [0.25, 0.3) is 0 Å². The van der Waals surface area contributed by atoms with Gasteiger partial charge in [0.05, 0.1) is 11.4 Å². The first-order chi connectivity index (χ1) is 17.0. The molecule has 5 N–H and O–H groups in total. The Labute approximate surface area is 220 Å². The number of benzene rings is 1. The molecule has 0 bridgehead atoms. The number of carbonyl (C=O) groups is 1. The number of nitrogens with one attached hydrogen (secondary N) is 2. The van der Waals surface area contributed by atoms with Crippen molar-refractivity contribution in [3.8, 4) is 0 Å². The minimum atomic E-state index is -3.92. The topological polar surface area (TPSA) is 140 Å². The molecule has 200 valence electrons. The van der Waals surface area contributed by atoms with Crippen molar-refractivity contribution in [3.05, 3.63) is 34.6 Å². The van der Waals surface area contributed by atoms with Crippen molar-refractivity contribution in [2.24, 2.45) is 0 Å². The number of anilines is 3. The molecule has 1 aromatic carbocycles. The number of nitrogen functional groups attached to an aromatic ring is 1. The van der Waals surface area contributed by atoms with E-state index in [-0.39, 0.29) is 17.5 Å². The van der Waals surface area contributed by atoms with Crippen molar-refractivity contribution in [3.63, 3.8) is 0 Å². The van der Waals surface area contributed by atoms with Crippen LogP contribution >= 0.6 is 15.9 Å². The summed E-state index contributed by atoms with van der Waals surface area (Å²) in [6.07, 6.45) is 4.84. The van der Waals surface area contributed by atoms with Gasteiger partial charge in [-0.3, -0.25) is 9.35 Å². The number of oxazole rings is 1. The number of rotatable bonds is 8. The molecule has 4 rings (SSSR count). The highest BCUT2D eigenvalue weighted by Gasteiger charge is 2.33. The third-order valence-corrected chi connectivity index (χ3v) is 10.5. The molecule has 11 nitrogen and oxygen atoms in total. The van der Waals surface area contributed by atoms with Gasteiger partial charge in [-0.05, 0) is 67.1 Å². The molecule has 2 aliphatic rings. The van der Waals surface area contributed by atoms with Crippen LogP contribution in [0.15, 0.2) is 33.4 Å². The molecule has 0 saturated carbocycles. The van der Waals surface area contributed by atoms with Crippen LogP contribution in [0.2, 0.25) is 0 Å². The Morgan fingerprint density at radius 3 is 2.58 bits per heavy atom. The molecule has 2 saturated heterocycles. The number of likely N-dealkylation sites (tertiary alicyclic amines) is 1. The highest BCUT2D eigenvalue weighted by atomic mass is 79.9. The Hall–Kier alpha value is -2.03. The molecule has 0 atom stereocenters. The molecule has 1 aromatic heterocycles. The molecule has 13 heteroatoms. The average molecular weight is 587 g/mol. The summed E-state index contributed by atoms with van der Waals surface area (Å²) in [5, 5.41) is 6.30. The number of piperazine rings is 1. The zero-order chi connectivity index (χ0) is 25.9. The number of aromatic nitrogens is 1. The summed E-state index contributed by atoms with van der Waals surface area (Å²) in [4.78, 5) is 20.8. The van der Waals surface area contributed by atoms with Crippen LogP contribution in [-0.4, -0.2) is 99.8 Å². The lowest BCUT2D eigenvalue weighted by Crippen LogP contribution is -2.60. The first kappa shape index (κ1) is 27.0. The maximum Gasteiger partial charge on any atom is 0.292 e. The number of piperidine rings is 1. The van der Waals surface area contributed by atoms with E-state index < -0.39 is 15.4 Å². The molecular weight excluding hydrogens is 550 g/mol. The molecule has 0 radical (unpaired) electrons. The standard InChI is InChI=1S/C23H36BrN7O4S/c1-29-8-5-17(6-9-29)26-7-14-36(2,33,34)31-12-10-30(11-13-31)18-3-4-19(24)20(15-18)27-22(32)21-16-35-23(25)28-21/h3-4,15-17,26H,5-14H2,1-2H3,(H2,25,28)(H,27,32)(H,33,34). The van der Waals surface area contributed by atoms with E-state index in [0.29, 0.717) is 44.5 Å². The van der Waals surface area contributed by atoms with Gasteiger partial charge in [-0.1, -0.05) is 0 Å². The van der Waals surface area contributed by atoms with Gasteiger partial charge in [0.1, 0.15) is 6.26 Å². The summed E-state index contributed by atoms with van der Waals surface area (Å²) in [6.45, 7) is 4.78. The van der Waals surface area contributed by atoms with Crippen molar-refractivity contribution >= 4 is 48.8 Å². The highest BCUT2D eigenvalue weighted by Crippen LogP contribution is 2.31. The van der Waals surface area contributed by atoms with Crippen molar-refractivity contribution in [1.29, 1.82) is 0 Å². The fraction of sp³-hybridized carbons (Fsp3) is 0.565. The van der Waals surface area contributed by atoms with Crippen LogP contribution in [0.3, 0.4) is 0 Å². The van der Waals surface area contributed by atoms with Crippen molar-refractivity contribution in [1.82, 2.24) is 19.5 Å². The lowest BCUT2D eigenvalue weighted by molar-refractivity contribution is 0.102. The first-order valence-corrected chi connectivity index (χ1v) is 15.4. The number of nitrogens with two attached hydrogens (primary N) is 1. The Balaban J connectivity index is 1.32. The largest absolute Gasteiger partial charge is 0.431 e. The molecule has 36 heavy (non-hydrogen) atoms. The minimum absolute atomic E-state index is 0.0711. The van der Waals surface area contributed by atoms with Crippen molar-refractivity contribution in [2.45, 2.75) is 18.9 Å². The van der Waals surface area contributed by atoms with Crippen LogP contribution in [-0.2, 0) is 9.53 Å². The molecule has 0 unspecified atom stereocenters. The maximum absolute atomic E-state index is 13.6. The molecule has 1 amide bonds. The van der Waals surface area contributed by atoms with E-state index in [1.807, 2.05) is 18.2 Å². The minimum Gasteiger partial charge on any atom is -0.431 e. The van der Waals surface area contributed by atoms with E-state index in [1.165, 1.54) is 12.5 Å². The van der Waals surface area contributed by atoms with Crippen LogP contribution in [0.5, 0.6) is 0 Å². The predicted octanol–water partition coefficient (Wildman–Crippen LogP) is 1.92. The fourth-order valence-electron chi connectivity index (χ4n) is 4.64. The van der Waals surface area contributed by atoms with E-state index in [1.54, 1.807) is 4.31 Å². The van der Waals surface area contributed by atoms with E-state index in [0.717, 1.165) is 36.1 Å². The van der Waals surface area contributed by atoms with Gasteiger partial charge in [-0.2, -0.15) is 9.19 Å². The van der Waals surface area contributed by atoms with Gasteiger partial charge in [0, 0.05) is 55.2 Å². The fourth-order valence-corrected chi connectivity index (χ4v) is 6.93. The number of nitrogens with zero attached hydrogens (tertiary/aromatic N) is 4. The molecule has 3 heterocycles. The summed E-state index contributed by atoms with van der Waals surface area (Å²) < 4.78 is 32.1. The molecule has 2 aromatic rings.